The molecular formula is C14H18N2O3S. The Bertz CT molecular complexity index is 524. The van der Waals surface area contributed by atoms with Gasteiger partial charge in [-0.25, -0.2) is 0 Å². The summed E-state index contributed by atoms with van der Waals surface area (Å²) in [5, 5.41) is 4.68. The normalized spacial score (nSPS) is 21.3. The summed E-state index contributed by atoms with van der Waals surface area (Å²) in [6.07, 6.45) is 0.792. The van der Waals surface area contributed by atoms with E-state index in [0.717, 1.165) is 11.3 Å². The minimum Gasteiger partial charge on any atom is -0.378 e. The molecule has 20 heavy (non-hydrogen) atoms. The number of nitrogens with two attached hydrogens (primary N) is 1. The summed E-state index contributed by atoms with van der Waals surface area (Å²) in [4.78, 5) is 12.9. The number of carbonyl (C=O) groups is 1. The Hall–Kier alpha value is -1.39. The highest BCUT2D eigenvalue weighted by Gasteiger charge is 2.35. The van der Waals surface area contributed by atoms with Crippen LogP contribution in [0.1, 0.15) is 21.7 Å². The molecule has 1 amide bonds. The Kier molecular flexibility index (Phi) is 5.15. The molecule has 1 aromatic rings. The van der Waals surface area contributed by atoms with Gasteiger partial charge in [-0.2, -0.15) is 0 Å². The van der Waals surface area contributed by atoms with Crippen LogP contribution in [-0.4, -0.2) is 44.9 Å². The maximum Gasteiger partial charge on any atom is 0.252 e. The highest BCUT2D eigenvalue weighted by Crippen LogP contribution is 2.21. The summed E-state index contributed by atoms with van der Waals surface area (Å²) in [6.45, 7) is 1.94. The SMILES string of the molecule is COC1(CNC(=O)c2csc(C#CCN)c2)CCOC1. The predicted molar refractivity (Wildman–Crippen MR) is 77.8 cm³/mol. The molecule has 1 aliphatic rings. The van der Waals surface area contributed by atoms with Crippen LogP contribution in [0, 0.1) is 11.8 Å². The van der Waals surface area contributed by atoms with E-state index in [0.29, 0.717) is 31.9 Å². The van der Waals surface area contributed by atoms with Gasteiger partial charge < -0.3 is 20.5 Å². The summed E-state index contributed by atoms with van der Waals surface area (Å²) in [7, 11) is 1.64. The van der Waals surface area contributed by atoms with Gasteiger partial charge >= 0.3 is 0 Å². The van der Waals surface area contributed by atoms with Gasteiger partial charge in [0.15, 0.2) is 0 Å². The molecular weight excluding hydrogens is 276 g/mol. The first-order valence-corrected chi connectivity index (χ1v) is 7.26. The molecule has 0 radical (unpaired) electrons. The molecule has 0 bridgehead atoms. The Balaban J connectivity index is 1.93. The minimum absolute atomic E-state index is 0.120. The van der Waals surface area contributed by atoms with Gasteiger partial charge in [-0.3, -0.25) is 4.79 Å². The number of carbonyl (C=O) groups excluding carboxylic acids is 1. The lowest BCUT2D eigenvalue weighted by Gasteiger charge is -2.25. The van der Waals surface area contributed by atoms with Crippen LogP contribution < -0.4 is 11.1 Å². The highest BCUT2D eigenvalue weighted by molar-refractivity contribution is 7.10. The van der Waals surface area contributed by atoms with E-state index in [1.165, 1.54) is 11.3 Å². The third-order valence-electron chi connectivity index (χ3n) is 3.25. The van der Waals surface area contributed by atoms with Crippen molar-refractivity contribution in [2.24, 2.45) is 5.73 Å². The molecule has 6 heteroatoms. The van der Waals surface area contributed by atoms with E-state index < -0.39 is 5.60 Å². The van der Waals surface area contributed by atoms with E-state index in [1.54, 1.807) is 18.6 Å². The van der Waals surface area contributed by atoms with E-state index in [1.807, 2.05) is 0 Å². The zero-order chi connectivity index (χ0) is 14.4. The van der Waals surface area contributed by atoms with Crippen molar-refractivity contribution in [2.45, 2.75) is 12.0 Å². The number of ether oxygens (including phenoxy) is 2. The van der Waals surface area contributed by atoms with Gasteiger partial charge in [-0.05, 0) is 6.07 Å². The van der Waals surface area contributed by atoms with Crippen molar-refractivity contribution in [1.29, 1.82) is 0 Å². The number of thiophene rings is 1. The van der Waals surface area contributed by atoms with Crippen molar-refractivity contribution in [3.8, 4) is 11.8 Å². The molecule has 0 aliphatic carbocycles. The Morgan fingerprint density at radius 3 is 3.20 bits per heavy atom. The molecule has 0 saturated carbocycles. The minimum atomic E-state index is -0.395. The quantitative estimate of drug-likeness (QED) is 0.797. The average molecular weight is 294 g/mol. The van der Waals surface area contributed by atoms with Gasteiger partial charge in [0.1, 0.15) is 5.60 Å². The first-order valence-electron chi connectivity index (χ1n) is 6.38. The topological polar surface area (TPSA) is 73.6 Å². The standard InChI is InChI=1S/C14H18N2O3S/c1-18-14(4-6-19-10-14)9-16-13(17)11-7-12(20-8-11)3-2-5-15/h7-8H,4-6,9-10,15H2,1H3,(H,16,17). The zero-order valence-electron chi connectivity index (χ0n) is 11.4. The maximum atomic E-state index is 12.1. The van der Waals surface area contributed by atoms with E-state index in [4.69, 9.17) is 15.2 Å². The molecule has 108 valence electrons. The number of hydrogen-bond donors (Lipinski definition) is 2. The fourth-order valence-electron chi connectivity index (χ4n) is 1.96. The number of methoxy groups -OCH3 is 1. The van der Waals surface area contributed by atoms with Crippen molar-refractivity contribution in [3.63, 3.8) is 0 Å². The molecule has 1 fully saturated rings. The molecule has 5 nitrogen and oxygen atoms in total. The summed E-state index contributed by atoms with van der Waals surface area (Å²) in [6, 6.07) is 1.77. The fourth-order valence-corrected chi connectivity index (χ4v) is 2.72. The Morgan fingerprint density at radius 2 is 2.55 bits per heavy atom. The first-order chi connectivity index (χ1) is 9.69. The second-order valence-corrected chi connectivity index (χ2v) is 5.49. The van der Waals surface area contributed by atoms with Gasteiger partial charge in [0, 0.05) is 32.1 Å². The van der Waals surface area contributed by atoms with Crippen molar-refractivity contribution >= 4 is 17.2 Å². The van der Waals surface area contributed by atoms with E-state index in [9.17, 15) is 4.79 Å². The Labute approximate surface area is 122 Å². The summed E-state index contributed by atoms with van der Waals surface area (Å²) in [5.41, 5.74) is 5.53. The maximum absolute atomic E-state index is 12.1. The van der Waals surface area contributed by atoms with Gasteiger partial charge in [0.05, 0.1) is 23.6 Å². The number of rotatable bonds is 4. The number of amides is 1. The Morgan fingerprint density at radius 1 is 1.70 bits per heavy atom. The summed E-state index contributed by atoms with van der Waals surface area (Å²) in [5.74, 6) is 5.56. The molecule has 2 rings (SSSR count). The van der Waals surface area contributed by atoms with Crippen LogP contribution in [0.5, 0.6) is 0 Å². The zero-order valence-corrected chi connectivity index (χ0v) is 12.2. The van der Waals surface area contributed by atoms with Gasteiger partial charge in [0.2, 0.25) is 0 Å². The second kappa shape index (κ2) is 6.86. The molecule has 2 heterocycles. The predicted octanol–water partition coefficient (Wildman–Crippen LogP) is 0.594. The molecule has 1 aliphatic heterocycles. The second-order valence-electron chi connectivity index (χ2n) is 4.58. The number of nitrogens with one attached hydrogen (secondary N) is 1. The molecule has 0 aromatic carbocycles. The molecule has 0 spiro atoms. The fraction of sp³-hybridized carbons (Fsp3) is 0.500. The average Bonchev–Trinajstić information content (AvgIpc) is 3.12. The highest BCUT2D eigenvalue weighted by atomic mass is 32.1. The van der Waals surface area contributed by atoms with Gasteiger partial charge in [-0.15, -0.1) is 11.3 Å². The molecule has 1 atom stereocenters. The number of hydrogen-bond acceptors (Lipinski definition) is 5. The largest absolute Gasteiger partial charge is 0.378 e. The van der Waals surface area contributed by atoms with Crippen LogP contribution in [0.2, 0.25) is 0 Å². The van der Waals surface area contributed by atoms with E-state index in [-0.39, 0.29) is 5.91 Å². The van der Waals surface area contributed by atoms with Crippen LogP contribution in [0.4, 0.5) is 0 Å². The lowest BCUT2D eigenvalue weighted by Crippen LogP contribution is -2.44. The summed E-state index contributed by atoms with van der Waals surface area (Å²) >= 11 is 1.43. The van der Waals surface area contributed by atoms with Crippen molar-refractivity contribution in [1.82, 2.24) is 5.32 Å². The van der Waals surface area contributed by atoms with Crippen molar-refractivity contribution < 1.29 is 14.3 Å². The third kappa shape index (κ3) is 3.58. The van der Waals surface area contributed by atoms with E-state index >= 15 is 0 Å². The van der Waals surface area contributed by atoms with Crippen molar-refractivity contribution in [3.05, 3.63) is 21.9 Å². The molecule has 1 saturated heterocycles. The molecule has 1 unspecified atom stereocenters. The van der Waals surface area contributed by atoms with Gasteiger partial charge in [-0.1, -0.05) is 11.8 Å². The molecule has 1 aromatic heterocycles. The van der Waals surface area contributed by atoms with Crippen LogP contribution in [0.25, 0.3) is 0 Å². The smallest absolute Gasteiger partial charge is 0.252 e. The van der Waals surface area contributed by atoms with Gasteiger partial charge in [0.25, 0.3) is 5.91 Å². The van der Waals surface area contributed by atoms with Crippen LogP contribution in [-0.2, 0) is 9.47 Å². The first kappa shape index (κ1) is 15.0. The monoisotopic (exact) mass is 294 g/mol. The van der Waals surface area contributed by atoms with Crippen LogP contribution in [0.15, 0.2) is 11.4 Å². The lowest BCUT2D eigenvalue weighted by molar-refractivity contribution is -0.0148. The lowest BCUT2D eigenvalue weighted by atomic mass is 10.0. The third-order valence-corrected chi connectivity index (χ3v) is 4.09. The van der Waals surface area contributed by atoms with Crippen LogP contribution >= 0.6 is 11.3 Å². The summed E-state index contributed by atoms with van der Waals surface area (Å²) < 4.78 is 10.8. The van der Waals surface area contributed by atoms with Crippen molar-refractivity contribution in [2.75, 3.05) is 33.4 Å². The van der Waals surface area contributed by atoms with E-state index in [2.05, 4.69) is 17.2 Å². The molecule has 3 N–H and O–H groups in total. The van der Waals surface area contributed by atoms with Crippen LogP contribution in [0.3, 0.4) is 0 Å².